The minimum Gasteiger partial charge on any atom is -0.464 e. The van der Waals surface area contributed by atoms with E-state index < -0.39 is 0 Å². The number of thioether (sulfide) groups is 1. The van der Waals surface area contributed by atoms with Crippen LogP contribution in [0.5, 0.6) is 0 Å². The number of benzene rings is 1. The van der Waals surface area contributed by atoms with E-state index in [9.17, 15) is 4.79 Å². The van der Waals surface area contributed by atoms with Crippen molar-refractivity contribution >= 4 is 35.0 Å². The fourth-order valence-corrected chi connectivity index (χ4v) is 3.66. The molecule has 1 fully saturated rings. The van der Waals surface area contributed by atoms with Crippen molar-refractivity contribution in [2.24, 2.45) is 5.92 Å². The Labute approximate surface area is 123 Å². The van der Waals surface area contributed by atoms with Gasteiger partial charge in [-0.05, 0) is 49.0 Å². The number of halogens is 1. The highest BCUT2D eigenvalue weighted by molar-refractivity contribution is 7.99. The zero-order chi connectivity index (χ0) is 13.7. The molecule has 0 spiro atoms. The van der Waals surface area contributed by atoms with Crippen molar-refractivity contribution in [1.29, 1.82) is 0 Å². The van der Waals surface area contributed by atoms with Crippen LogP contribution in [-0.2, 0) is 9.53 Å². The standard InChI is InChI=1S/C14H18ClNO2S/c1-2-18-14(17)13(10-6-7-19-9-10)16-12-5-3-4-11(15)8-12/h3-5,8,10,13,16H,2,6-7,9H2,1H3. The summed E-state index contributed by atoms with van der Waals surface area (Å²) in [5.74, 6) is 2.26. The van der Waals surface area contributed by atoms with Crippen molar-refractivity contribution < 1.29 is 9.53 Å². The van der Waals surface area contributed by atoms with Crippen LogP contribution in [0, 0.1) is 5.92 Å². The van der Waals surface area contributed by atoms with E-state index in [0.29, 0.717) is 17.5 Å². The van der Waals surface area contributed by atoms with E-state index in [2.05, 4.69) is 5.32 Å². The van der Waals surface area contributed by atoms with Crippen molar-refractivity contribution in [2.75, 3.05) is 23.4 Å². The van der Waals surface area contributed by atoms with Crippen LogP contribution in [-0.4, -0.2) is 30.1 Å². The molecule has 0 aliphatic carbocycles. The van der Waals surface area contributed by atoms with Gasteiger partial charge >= 0.3 is 5.97 Å². The minimum absolute atomic E-state index is 0.171. The van der Waals surface area contributed by atoms with Crippen molar-refractivity contribution in [3.63, 3.8) is 0 Å². The molecular weight excluding hydrogens is 282 g/mol. The molecule has 3 nitrogen and oxygen atoms in total. The Kier molecular flexibility index (Phi) is 5.40. The maximum Gasteiger partial charge on any atom is 0.328 e. The molecule has 104 valence electrons. The molecule has 0 amide bonds. The summed E-state index contributed by atoms with van der Waals surface area (Å²) in [5, 5.41) is 3.93. The number of ether oxygens (including phenoxy) is 1. The molecular formula is C14H18ClNO2S. The van der Waals surface area contributed by atoms with Gasteiger partial charge in [-0.3, -0.25) is 0 Å². The average molecular weight is 300 g/mol. The molecule has 2 rings (SSSR count). The first kappa shape index (κ1) is 14.5. The fourth-order valence-electron chi connectivity index (χ4n) is 2.17. The van der Waals surface area contributed by atoms with Gasteiger partial charge in [0.1, 0.15) is 6.04 Å². The summed E-state index contributed by atoms with van der Waals surface area (Å²) in [4.78, 5) is 12.1. The summed E-state index contributed by atoms with van der Waals surface area (Å²) in [5.41, 5.74) is 0.863. The van der Waals surface area contributed by atoms with E-state index in [1.807, 2.05) is 43.0 Å². The molecule has 0 saturated carbocycles. The Morgan fingerprint density at radius 2 is 2.47 bits per heavy atom. The van der Waals surface area contributed by atoms with Crippen LogP contribution in [0.15, 0.2) is 24.3 Å². The van der Waals surface area contributed by atoms with E-state index in [1.54, 1.807) is 0 Å². The van der Waals surface area contributed by atoms with Crippen LogP contribution < -0.4 is 5.32 Å². The summed E-state index contributed by atoms with van der Waals surface area (Å²) >= 11 is 7.85. The number of anilines is 1. The van der Waals surface area contributed by atoms with Crippen molar-refractivity contribution in [3.8, 4) is 0 Å². The third kappa shape index (κ3) is 4.05. The molecule has 0 bridgehead atoms. The SMILES string of the molecule is CCOC(=O)C(Nc1cccc(Cl)c1)C1CCSC1. The summed E-state index contributed by atoms with van der Waals surface area (Å²) < 4.78 is 5.18. The summed E-state index contributed by atoms with van der Waals surface area (Å²) in [6.45, 7) is 2.24. The molecule has 1 aliphatic heterocycles. The van der Waals surface area contributed by atoms with Gasteiger partial charge in [0.15, 0.2) is 0 Å². The number of hydrogen-bond donors (Lipinski definition) is 1. The molecule has 1 aliphatic rings. The van der Waals surface area contributed by atoms with Crippen LogP contribution in [0.2, 0.25) is 5.02 Å². The Hall–Kier alpha value is -0.870. The third-order valence-electron chi connectivity index (χ3n) is 3.12. The van der Waals surface area contributed by atoms with Gasteiger partial charge in [-0.2, -0.15) is 11.8 Å². The predicted molar refractivity (Wildman–Crippen MR) is 80.9 cm³/mol. The Bertz CT molecular complexity index is 435. The van der Waals surface area contributed by atoms with Gasteiger partial charge in [0.05, 0.1) is 6.61 Å². The highest BCUT2D eigenvalue weighted by Crippen LogP contribution is 2.29. The largest absolute Gasteiger partial charge is 0.464 e. The van der Waals surface area contributed by atoms with Crippen LogP contribution in [0.25, 0.3) is 0 Å². The molecule has 1 aromatic carbocycles. The summed E-state index contributed by atoms with van der Waals surface area (Å²) in [7, 11) is 0. The fraction of sp³-hybridized carbons (Fsp3) is 0.500. The first-order valence-electron chi connectivity index (χ1n) is 6.47. The van der Waals surface area contributed by atoms with Gasteiger partial charge in [0.2, 0.25) is 0 Å². The van der Waals surface area contributed by atoms with Crippen LogP contribution in [0.1, 0.15) is 13.3 Å². The number of rotatable bonds is 5. The maximum atomic E-state index is 12.1. The molecule has 1 aromatic rings. The molecule has 0 aromatic heterocycles. The molecule has 19 heavy (non-hydrogen) atoms. The highest BCUT2D eigenvalue weighted by Gasteiger charge is 2.32. The second-order valence-electron chi connectivity index (χ2n) is 4.51. The number of hydrogen-bond acceptors (Lipinski definition) is 4. The van der Waals surface area contributed by atoms with E-state index in [1.165, 1.54) is 0 Å². The molecule has 1 N–H and O–H groups in total. The maximum absolute atomic E-state index is 12.1. The topological polar surface area (TPSA) is 38.3 Å². The van der Waals surface area contributed by atoms with Gasteiger partial charge in [-0.15, -0.1) is 0 Å². The normalized spacial score (nSPS) is 20.0. The van der Waals surface area contributed by atoms with Crippen LogP contribution in [0.4, 0.5) is 5.69 Å². The highest BCUT2D eigenvalue weighted by atomic mass is 35.5. The van der Waals surface area contributed by atoms with Gasteiger partial charge in [0.25, 0.3) is 0 Å². The zero-order valence-corrected chi connectivity index (χ0v) is 12.5. The Balaban J connectivity index is 2.10. The first-order valence-corrected chi connectivity index (χ1v) is 8.00. The zero-order valence-electron chi connectivity index (χ0n) is 10.9. The first-order chi connectivity index (χ1) is 9.20. The number of carbonyl (C=O) groups is 1. The number of carbonyl (C=O) groups excluding carboxylic acids is 1. The number of esters is 1. The van der Waals surface area contributed by atoms with Crippen LogP contribution >= 0.6 is 23.4 Å². The molecule has 2 unspecified atom stereocenters. The van der Waals surface area contributed by atoms with E-state index in [-0.39, 0.29) is 12.0 Å². The van der Waals surface area contributed by atoms with E-state index >= 15 is 0 Å². The monoisotopic (exact) mass is 299 g/mol. The smallest absolute Gasteiger partial charge is 0.328 e. The second-order valence-corrected chi connectivity index (χ2v) is 6.09. The average Bonchev–Trinajstić information content (AvgIpc) is 2.90. The van der Waals surface area contributed by atoms with E-state index in [0.717, 1.165) is 23.6 Å². The second kappa shape index (κ2) is 7.06. The lowest BCUT2D eigenvalue weighted by molar-refractivity contribution is -0.145. The van der Waals surface area contributed by atoms with Crippen molar-refractivity contribution in [3.05, 3.63) is 29.3 Å². The Morgan fingerprint density at radius 3 is 3.11 bits per heavy atom. The van der Waals surface area contributed by atoms with Gasteiger partial charge in [0, 0.05) is 10.7 Å². The lowest BCUT2D eigenvalue weighted by atomic mass is 9.99. The summed E-state index contributed by atoms with van der Waals surface area (Å²) in [6.07, 6.45) is 1.04. The lowest BCUT2D eigenvalue weighted by Gasteiger charge is -2.23. The van der Waals surface area contributed by atoms with Gasteiger partial charge in [-0.1, -0.05) is 17.7 Å². The minimum atomic E-state index is -0.284. The molecule has 0 radical (unpaired) electrons. The molecule has 1 saturated heterocycles. The molecule has 1 heterocycles. The quantitative estimate of drug-likeness (QED) is 0.845. The lowest BCUT2D eigenvalue weighted by Crippen LogP contribution is -2.38. The summed E-state index contributed by atoms with van der Waals surface area (Å²) in [6, 6.07) is 7.15. The predicted octanol–water partition coefficient (Wildman–Crippen LogP) is 3.44. The van der Waals surface area contributed by atoms with Crippen molar-refractivity contribution in [1.82, 2.24) is 0 Å². The third-order valence-corrected chi connectivity index (χ3v) is 4.55. The molecule has 2 atom stereocenters. The van der Waals surface area contributed by atoms with Crippen LogP contribution in [0.3, 0.4) is 0 Å². The van der Waals surface area contributed by atoms with E-state index in [4.69, 9.17) is 16.3 Å². The number of nitrogens with one attached hydrogen (secondary N) is 1. The van der Waals surface area contributed by atoms with Gasteiger partial charge < -0.3 is 10.1 Å². The van der Waals surface area contributed by atoms with Gasteiger partial charge in [-0.25, -0.2) is 4.79 Å². The Morgan fingerprint density at radius 1 is 1.63 bits per heavy atom. The molecule has 5 heteroatoms. The van der Waals surface area contributed by atoms with Crippen molar-refractivity contribution in [2.45, 2.75) is 19.4 Å².